The van der Waals surface area contributed by atoms with Crippen LogP contribution < -0.4 is 15.5 Å². The van der Waals surface area contributed by atoms with Gasteiger partial charge < -0.3 is 20.1 Å². The highest BCUT2D eigenvalue weighted by Crippen LogP contribution is 2.31. The summed E-state index contributed by atoms with van der Waals surface area (Å²) in [7, 11) is 1.57. The Hall–Kier alpha value is -3.83. The molecule has 1 saturated heterocycles. The van der Waals surface area contributed by atoms with Crippen molar-refractivity contribution in [2.45, 2.75) is 63.6 Å². The van der Waals surface area contributed by atoms with Crippen LogP contribution in [0.25, 0.3) is 0 Å². The highest BCUT2D eigenvalue weighted by Gasteiger charge is 2.34. The number of carbonyl (C=O) groups is 2. The number of nitrogens with one attached hydrogen (secondary N) is 2. The van der Waals surface area contributed by atoms with Crippen molar-refractivity contribution in [3.63, 3.8) is 0 Å². The van der Waals surface area contributed by atoms with Crippen LogP contribution in [0.5, 0.6) is 5.75 Å². The number of likely N-dealkylation sites (tertiary alicyclic amines) is 1. The zero-order chi connectivity index (χ0) is 27.0. The predicted octanol–water partition coefficient (Wildman–Crippen LogP) is 3.27. The third kappa shape index (κ3) is 7.11. The lowest BCUT2D eigenvalue weighted by Crippen LogP contribution is -2.43. The summed E-state index contributed by atoms with van der Waals surface area (Å²) in [6.45, 7) is 6.13. The van der Waals surface area contributed by atoms with Crippen molar-refractivity contribution in [1.82, 2.24) is 15.6 Å². The van der Waals surface area contributed by atoms with E-state index in [2.05, 4.69) is 21.8 Å². The first-order valence-corrected chi connectivity index (χ1v) is 12.5. The molecule has 0 radical (unpaired) electrons. The zero-order valence-electron chi connectivity index (χ0n) is 21.9. The summed E-state index contributed by atoms with van der Waals surface area (Å²) in [5, 5.41) is 17.5. The molecule has 2 amide bonds. The number of ether oxygens (including phenoxy) is 1. The van der Waals surface area contributed by atoms with E-state index in [4.69, 9.17) is 11.2 Å². The molecule has 1 aromatic carbocycles. The molecule has 0 bridgehead atoms. The Morgan fingerprint density at radius 2 is 2.19 bits per heavy atom. The van der Waals surface area contributed by atoms with Crippen molar-refractivity contribution < 1.29 is 19.4 Å². The molecule has 3 N–H and O–H groups in total. The zero-order valence-corrected chi connectivity index (χ0v) is 21.9. The van der Waals surface area contributed by atoms with Crippen molar-refractivity contribution in [1.29, 1.82) is 0 Å². The van der Waals surface area contributed by atoms with Crippen LogP contribution >= 0.6 is 0 Å². The van der Waals surface area contributed by atoms with Gasteiger partial charge in [0.05, 0.1) is 13.2 Å². The number of hydrogen-bond donors (Lipinski definition) is 3. The molecule has 8 heteroatoms. The molecule has 37 heavy (non-hydrogen) atoms. The summed E-state index contributed by atoms with van der Waals surface area (Å²) in [6, 6.07) is 5.08. The average molecular weight is 505 g/mol. The Labute approximate surface area is 219 Å². The van der Waals surface area contributed by atoms with Crippen molar-refractivity contribution in [2.75, 3.05) is 13.7 Å². The van der Waals surface area contributed by atoms with E-state index >= 15 is 0 Å². The molecule has 0 aliphatic carbocycles. The van der Waals surface area contributed by atoms with Gasteiger partial charge >= 0.3 is 0 Å². The van der Waals surface area contributed by atoms with E-state index in [-0.39, 0.29) is 35.9 Å². The Balaban J connectivity index is 1.81. The molecule has 2 aliphatic heterocycles. The monoisotopic (exact) mass is 504 g/mol. The van der Waals surface area contributed by atoms with Gasteiger partial charge in [0, 0.05) is 53.2 Å². The van der Waals surface area contributed by atoms with E-state index in [1.54, 1.807) is 48.7 Å². The molecule has 3 atom stereocenters. The summed E-state index contributed by atoms with van der Waals surface area (Å²) < 4.78 is 5.58. The maximum absolute atomic E-state index is 13.5. The standard InChI is InChI=1S/C29H36N4O4/c1-6-8-9-20(27(35)32-29(3,4)7-2)10-12-23-17-24(34)19-33(23)28(36)21-11-13-25(26(16-21)37-5)22-14-15-30-31-18-22/h1,8-11,13-16,18,22-24,30,34H,7,12,17,19H2,2-5H3,(H,32,35)/b9-8-,20-10+. The molecule has 1 fully saturated rings. The summed E-state index contributed by atoms with van der Waals surface area (Å²) in [5.74, 6) is 2.51. The van der Waals surface area contributed by atoms with Crippen molar-refractivity contribution in [2.24, 2.45) is 5.10 Å². The van der Waals surface area contributed by atoms with Crippen LogP contribution in [-0.2, 0) is 4.79 Å². The van der Waals surface area contributed by atoms with Crippen LogP contribution in [0.15, 0.2) is 59.4 Å². The van der Waals surface area contributed by atoms with Gasteiger partial charge in [0.1, 0.15) is 5.75 Å². The van der Waals surface area contributed by atoms with E-state index in [1.807, 2.05) is 32.9 Å². The van der Waals surface area contributed by atoms with Gasteiger partial charge in [0.2, 0.25) is 0 Å². The number of aliphatic hydroxyl groups is 1. The number of hydrazone groups is 1. The lowest BCUT2D eigenvalue weighted by atomic mass is 9.96. The number of carbonyl (C=O) groups excluding carboxylic acids is 2. The van der Waals surface area contributed by atoms with E-state index < -0.39 is 6.10 Å². The van der Waals surface area contributed by atoms with Gasteiger partial charge in [-0.15, -0.1) is 6.42 Å². The van der Waals surface area contributed by atoms with Crippen LogP contribution in [-0.4, -0.2) is 59.4 Å². The van der Waals surface area contributed by atoms with Crippen LogP contribution in [0.4, 0.5) is 0 Å². The highest BCUT2D eigenvalue weighted by molar-refractivity contribution is 5.97. The van der Waals surface area contributed by atoms with E-state index in [1.165, 1.54) is 6.08 Å². The fourth-order valence-electron chi connectivity index (χ4n) is 4.30. The van der Waals surface area contributed by atoms with Gasteiger partial charge in [-0.05, 0) is 57.4 Å². The summed E-state index contributed by atoms with van der Waals surface area (Å²) >= 11 is 0. The molecule has 0 aromatic heterocycles. The highest BCUT2D eigenvalue weighted by atomic mass is 16.5. The molecule has 1 aromatic rings. The maximum atomic E-state index is 13.5. The fourth-order valence-corrected chi connectivity index (χ4v) is 4.30. The normalized spacial score (nSPS) is 21.6. The number of rotatable bonds is 9. The molecular formula is C29H36N4O4. The van der Waals surface area contributed by atoms with Gasteiger partial charge in [-0.25, -0.2) is 0 Å². The first-order valence-electron chi connectivity index (χ1n) is 12.5. The molecule has 0 spiro atoms. The number of methoxy groups -OCH3 is 1. The van der Waals surface area contributed by atoms with Gasteiger partial charge in [-0.3, -0.25) is 15.0 Å². The van der Waals surface area contributed by atoms with Crippen molar-refractivity contribution >= 4 is 18.0 Å². The fraction of sp³-hybridized carbons (Fsp3) is 0.414. The number of hydrogen-bond acceptors (Lipinski definition) is 6. The van der Waals surface area contributed by atoms with Crippen LogP contribution in [0.3, 0.4) is 0 Å². The Morgan fingerprint density at radius 1 is 1.41 bits per heavy atom. The van der Waals surface area contributed by atoms with E-state index in [9.17, 15) is 14.7 Å². The van der Waals surface area contributed by atoms with E-state index in [0.29, 0.717) is 29.7 Å². The number of β-amino-alcohol motifs (C(OH)–C–C–N with tert-alkyl or cyclic N) is 1. The topological polar surface area (TPSA) is 103 Å². The number of aliphatic hydroxyl groups excluding tert-OH is 1. The smallest absolute Gasteiger partial charge is 0.254 e. The summed E-state index contributed by atoms with van der Waals surface area (Å²) in [5.41, 5.74) is 4.19. The molecular weight excluding hydrogens is 468 g/mol. The molecule has 8 nitrogen and oxygen atoms in total. The van der Waals surface area contributed by atoms with E-state index in [0.717, 1.165) is 12.0 Å². The second-order valence-electron chi connectivity index (χ2n) is 9.84. The maximum Gasteiger partial charge on any atom is 0.254 e. The number of amides is 2. The Bertz CT molecular complexity index is 1150. The van der Waals surface area contributed by atoms with Crippen LogP contribution in [0, 0.1) is 12.3 Å². The number of benzene rings is 1. The minimum atomic E-state index is -0.642. The third-order valence-electron chi connectivity index (χ3n) is 6.75. The second-order valence-corrected chi connectivity index (χ2v) is 9.84. The molecule has 2 aliphatic rings. The lowest BCUT2D eigenvalue weighted by molar-refractivity contribution is -0.118. The molecule has 196 valence electrons. The number of allylic oxidation sites excluding steroid dienone is 2. The SMILES string of the molecule is C#C/C=C\C(=C/CC1CC(O)CN1C(=O)c1ccc(C2C=CNN=C2)c(OC)c1)C(=O)NC(C)(C)CC. The van der Waals surface area contributed by atoms with Gasteiger partial charge in [-0.2, -0.15) is 5.10 Å². The Kier molecular flexibility index (Phi) is 9.31. The predicted molar refractivity (Wildman–Crippen MR) is 145 cm³/mol. The van der Waals surface area contributed by atoms with Crippen LogP contribution in [0.1, 0.15) is 61.9 Å². The molecule has 2 heterocycles. The first-order chi connectivity index (χ1) is 17.7. The molecule has 3 rings (SSSR count). The van der Waals surface area contributed by atoms with Crippen LogP contribution in [0.2, 0.25) is 0 Å². The minimum absolute atomic E-state index is 0.0647. The van der Waals surface area contributed by atoms with Gasteiger partial charge in [0.25, 0.3) is 11.8 Å². The quantitative estimate of drug-likeness (QED) is 0.272. The number of nitrogens with zero attached hydrogens (tertiary/aromatic N) is 2. The summed E-state index contributed by atoms with van der Waals surface area (Å²) in [4.78, 5) is 28.1. The molecule has 0 saturated carbocycles. The Morgan fingerprint density at radius 3 is 2.84 bits per heavy atom. The minimum Gasteiger partial charge on any atom is -0.496 e. The first kappa shape index (κ1) is 27.8. The summed E-state index contributed by atoms with van der Waals surface area (Å²) in [6.07, 6.45) is 16.6. The van der Waals surface area contributed by atoms with Crippen molar-refractivity contribution in [3.05, 3.63) is 65.4 Å². The third-order valence-corrected chi connectivity index (χ3v) is 6.75. The number of terminal acetylenes is 1. The van der Waals surface area contributed by atoms with Crippen molar-refractivity contribution in [3.8, 4) is 18.1 Å². The van der Waals surface area contributed by atoms with Gasteiger partial charge in [-0.1, -0.05) is 31.1 Å². The second kappa shape index (κ2) is 12.4. The lowest BCUT2D eigenvalue weighted by Gasteiger charge is -2.26. The molecule has 3 unspecified atom stereocenters. The largest absolute Gasteiger partial charge is 0.496 e. The average Bonchev–Trinajstić information content (AvgIpc) is 3.28. The van der Waals surface area contributed by atoms with Gasteiger partial charge in [0.15, 0.2) is 0 Å².